The Hall–Kier alpha value is -0.566. The van der Waals surface area contributed by atoms with Gasteiger partial charge < -0.3 is 4.43 Å². The molecule has 0 aromatic rings. The fourth-order valence-corrected chi connectivity index (χ4v) is 6.35. The second-order valence-corrected chi connectivity index (χ2v) is 16.9. The van der Waals surface area contributed by atoms with Crippen molar-refractivity contribution in [2.45, 2.75) is 89.8 Å². The van der Waals surface area contributed by atoms with Crippen LogP contribution in [0.1, 0.15) is 46.5 Å². The van der Waals surface area contributed by atoms with Crippen molar-refractivity contribution in [3.8, 4) is 11.5 Å². The SMILES string of the molecule is C=CCCC(C#C[Si](C)(C)C)(CCC=C)O[Si](CC)(CC)CC. The van der Waals surface area contributed by atoms with Crippen LogP contribution in [-0.2, 0) is 4.43 Å². The first kappa shape index (κ1) is 22.4. The Morgan fingerprint density at radius 2 is 1.35 bits per heavy atom. The van der Waals surface area contributed by atoms with Crippen LogP contribution in [-0.4, -0.2) is 22.0 Å². The predicted octanol–water partition coefficient (Wildman–Crippen LogP) is 6.56. The lowest BCUT2D eigenvalue weighted by Crippen LogP contribution is -2.47. The zero-order chi connectivity index (χ0) is 18.0. The molecule has 0 saturated heterocycles. The Morgan fingerprint density at radius 3 is 1.65 bits per heavy atom. The van der Waals surface area contributed by atoms with Gasteiger partial charge in [0.2, 0.25) is 0 Å². The molecule has 132 valence electrons. The molecule has 0 aliphatic heterocycles. The van der Waals surface area contributed by atoms with Crippen LogP contribution in [0.5, 0.6) is 0 Å². The largest absolute Gasteiger partial charge is 0.401 e. The second kappa shape index (κ2) is 10.3. The van der Waals surface area contributed by atoms with E-state index in [0.29, 0.717) is 0 Å². The first-order chi connectivity index (χ1) is 10.7. The minimum absolute atomic E-state index is 0.309. The van der Waals surface area contributed by atoms with Crippen molar-refractivity contribution in [1.29, 1.82) is 0 Å². The molecule has 0 aromatic carbocycles. The molecule has 0 saturated carbocycles. The van der Waals surface area contributed by atoms with Gasteiger partial charge in [-0.2, -0.15) is 0 Å². The van der Waals surface area contributed by atoms with Crippen LogP contribution in [0.2, 0.25) is 37.8 Å². The Kier molecular flexibility index (Phi) is 10.1. The van der Waals surface area contributed by atoms with Gasteiger partial charge in [-0.05, 0) is 43.8 Å². The molecule has 0 fully saturated rings. The van der Waals surface area contributed by atoms with Gasteiger partial charge in [-0.1, -0.05) is 58.5 Å². The van der Waals surface area contributed by atoms with Crippen molar-refractivity contribution in [2.24, 2.45) is 0 Å². The molecule has 0 amide bonds. The summed E-state index contributed by atoms with van der Waals surface area (Å²) in [5, 5.41) is 0. The van der Waals surface area contributed by atoms with Gasteiger partial charge in [-0.15, -0.1) is 18.7 Å². The van der Waals surface area contributed by atoms with E-state index in [-0.39, 0.29) is 5.60 Å². The average Bonchev–Trinajstić information content (AvgIpc) is 2.53. The lowest BCUT2D eigenvalue weighted by Gasteiger charge is -2.40. The summed E-state index contributed by atoms with van der Waals surface area (Å²) >= 11 is 0. The van der Waals surface area contributed by atoms with E-state index in [9.17, 15) is 0 Å². The Labute approximate surface area is 147 Å². The predicted molar refractivity (Wildman–Crippen MR) is 111 cm³/mol. The standard InChI is InChI=1S/C20H38OSi2/c1-9-14-16-20(17-15-10-2,18-19-22(6,7)8)21-23(11-3,12-4)13-5/h9-10H,1-2,11-17H2,3-8H3. The molecule has 1 nitrogen and oxygen atoms in total. The fraction of sp³-hybridized carbons (Fsp3) is 0.700. The van der Waals surface area contributed by atoms with Crippen LogP contribution < -0.4 is 0 Å². The van der Waals surface area contributed by atoms with Crippen molar-refractivity contribution < 1.29 is 4.43 Å². The maximum atomic E-state index is 6.96. The third-order valence-electron chi connectivity index (χ3n) is 4.51. The monoisotopic (exact) mass is 350 g/mol. The maximum Gasteiger partial charge on any atom is 0.194 e. The van der Waals surface area contributed by atoms with E-state index in [2.05, 4.69) is 65.0 Å². The lowest BCUT2D eigenvalue weighted by molar-refractivity contribution is 0.0987. The van der Waals surface area contributed by atoms with Crippen molar-refractivity contribution in [3.63, 3.8) is 0 Å². The topological polar surface area (TPSA) is 9.23 Å². The molecule has 3 heteroatoms. The Balaban J connectivity index is 5.79. The summed E-state index contributed by atoms with van der Waals surface area (Å²) < 4.78 is 6.96. The van der Waals surface area contributed by atoms with Gasteiger partial charge in [0.1, 0.15) is 13.7 Å². The molecule has 0 unspecified atom stereocenters. The Bertz CT molecular complexity index is 399. The minimum atomic E-state index is -1.70. The molecular weight excluding hydrogens is 312 g/mol. The molecule has 0 N–H and O–H groups in total. The average molecular weight is 351 g/mol. The van der Waals surface area contributed by atoms with E-state index in [1.165, 1.54) is 18.1 Å². The highest BCUT2D eigenvalue weighted by Crippen LogP contribution is 2.34. The zero-order valence-electron chi connectivity index (χ0n) is 16.4. The van der Waals surface area contributed by atoms with Crippen molar-refractivity contribution >= 4 is 16.4 Å². The molecule has 0 rings (SSSR count). The van der Waals surface area contributed by atoms with Gasteiger partial charge in [-0.25, -0.2) is 0 Å². The summed E-state index contributed by atoms with van der Waals surface area (Å²) in [6, 6.07) is 3.50. The van der Waals surface area contributed by atoms with Gasteiger partial charge >= 0.3 is 0 Å². The molecule has 23 heavy (non-hydrogen) atoms. The fourth-order valence-electron chi connectivity index (χ4n) is 2.73. The number of rotatable bonds is 11. The van der Waals surface area contributed by atoms with Crippen LogP contribution in [0, 0.1) is 11.5 Å². The van der Waals surface area contributed by atoms with E-state index in [1.807, 2.05) is 12.2 Å². The van der Waals surface area contributed by atoms with Crippen LogP contribution in [0.3, 0.4) is 0 Å². The van der Waals surface area contributed by atoms with E-state index in [0.717, 1.165) is 25.7 Å². The van der Waals surface area contributed by atoms with Gasteiger partial charge in [0, 0.05) is 0 Å². The van der Waals surface area contributed by atoms with Crippen LogP contribution in [0.4, 0.5) is 0 Å². The molecule has 0 spiro atoms. The summed E-state index contributed by atoms with van der Waals surface area (Å²) in [5.74, 6) is 3.63. The zero-order valence-corrected chi connectivity index (χ0v) is 18.4. The normalized spacial score (nSPS) is 12.4. The summed E-state index contributed by atoms with van der Waals surface area (Å²) in [7, 11) is -3.13. The second-order valence-electron chi connectivity index (χ2n) is 7.49. The van der Waals surface area contributed by atoms with Crippen LogP contribution >= 0.6 is 0 Å². The van der Waals surface area contributed by atoms with E-state index < -0.39 is 16.4 Å². The van der Waals surface area contributed by atoms with Crippen LogP contribution in [0.25, 0.3) is 0 Å². The van der Waals surface area contributed by atoms with E-state index in [4.69, 9.17) is 4.43 Å². The molecule has 0 aliphatic carbocycles. The summed E-state index contributed by atoms with van der Waals surface area (Å²) in [6.45, 7) is 21.6. The van der Waals surface area contributed by atoms with Gasteiger partial charge in [-0.3, -0.25) is 0 Å². The molecule has 0 atom stereocenters. The number of hydrogen-bond donors (Lipinski definition) is 0. The van der Waals surface area contributed by atoms with Crippen LogP contribution in [0.15, 0.2) is 25.3 Å². The highest BCUT2D eigenvalue weighted by Gasteiger charge is 2.39. The lowest BCUT2D eigenvalue weighted by atomic mass is 9.93. The first-order valence-electron chi connectivity index (χ1n) is 9.18. The van der Waals surface area contributed by atoms with E-state index in [1.54, 1.807) is 0 Å². The smallest absolute Gasteiger partial charge is 0.194 e. The van der Waals surface area contributed by atoms with Crippen molar-refractivity contribution in [2.75, 3.05) is 0 Å². The molecule has 0 heterocycles. The molecule has 0 aromatic heterocycles. The third kappa shape index (κ3) is 8.19. The number of hydrogen-bond acceptors (Lipinski definition) is 1. The summed E-state index contributed by atoms with van der Waals surface area (Å²) in [6.07, 6.45) is 7.82. The number of allylic oxidation sites excluding steroid dienone is 2. The summed E-state index contributed by atoms with van der Waals surface area (Å²) in [4.78, 5) is 0. The quantitative estimate of drug-likeness (QED) is 0.233. The van der Waals surface area contributed by atoms with Crippen molar-refractivity contribution in [1.82, 2.24) is 0 Å². The third-order valence-corrected chi connectivity index (χ3v) is 10.1. The molecular formula is C20H38OSi2. The van der Waals surface area contributed by atoms with Crippen molar-refractivity contribution in [3.05, 3.63) is 25.3 Å². The minimum Gasteiger partial charge on any atom is -0.401 e. The highest BCUT2D eigenvalue weighted by molar-refractivity contribution is 6.83. The van der Waals surface area contributed by atoms with Gasteiger partial charge in [0.15, 0.2) is 8.32 Å². The summed E-state index contributed by atoms with van der Waals surface area (Å²) in [5.41, 5.74) is 3.28. The van der Waals surface area contributed by atoms with Gasteiger partial charge in [0.05, 0.1) is 0 Å². The Morgan fingerprint density at radius 1 is 0.913 bits per heavy atom. The van der Waals surface area contributed by atoms with Gasteiger partial charge in [0.25, 0.3) is 0 Å². The molecule has 0 radical (unpaired) electrons. The first-order valence-corrected chi connectivity index (χ1v) is 15.2. The molecule has 0 bridgehead atoms. The van der Waals surface area contributed by atoms with E-state index >= 15 is 0 Å². The maximum absolute atomic E-state index is 6.96. The highest BCUT2D eigenvalue weighted by atomic mass is 28.4. The molecule has 0 aliphatic rings.